The van der Waals surface area contributed by atoms with E-state index in [1.807, 2.05) is 4.90 Å². The van der Waals surface area contributed by atoms with E-state index in [0.29, 0.717) is 19.0 Å². The van der Waals surface area contributed by atoms with Crippen LogP contribution < -0.4 is 5.73 Å². The van der Waals surface area contributed by atoms with E-state index in [9.17, 15) is 9.18 Å². The van der Waals surface area contributed by atoms with E-state index in [2.05, 4.69) is 11.8 Å². The molecule has 142 valence electrons. The standard InChI is InChI=1S/C18H26FN3O.2ClH/c1-13-9-15(10-20)12-22(13)18(23)17-3-2-8-21(17)11-14-4-6-16(19)7-5-14;;/h4-7,13,15,17H,2-3,8-12,20H2,1H3;2*1H. The van der Waals surface area contributed by atoms with Crippen LogP contribution in [0.1, 0.15) is 31.7 Å². The van der Waals surface area contributed by atoms with Crippen molar-refractivity contribution in [3.8, 4) is 0 Å². The van der Waals surface area contributed by atoms with Gasteiger partial charge in [-0.3, -0.25) is 9.69 Å². The normalized spacial score (nSPS) is 26.2. The molecular weight excluding hydrogens is 364 g/mol. The smallest absolute Gasteiger partial charge is 0.240 e. The van der Waals surface area contributed by atoms with E-state index in [4.69, 9.17) is 5.73 Å². The lowest BCUT2D eigenvalue weighted by Crippen LogP contribution is -2.46. The Hall–Kier alpha value is -0.880. The molecule has 2 fully saturated rings. The Labute approximate surface area is 161 Å². The summed E-state index contributed by atoms with van der Waals surface area (Å²) in [6.07, 6.45) is 2.96. The number of hydrogen-bond acceptors (Lipinski definition) is 3. The highest BCUT2D eigenvalue weighted by Crippen LogP contribution is 2.28. The molecule has 4 nitrogen and oxygen atoms in total. The molecule has 0 aliphatic carbocycles. The number of hydrogen-bond donors (Lipinski definition) is 1. The van der Waals surface area contributed by atoms with E-state index in [-0.39, 0.29) is 48.6 Å². The highest BCUT2D eigenvalue weighted by molar-refractivity contribution is 5.85. The fourth-order valence-electron chi connectivity index (χ4n) is 3.93. The van der Waals surface area contributed by atoms with Crippen molar-refractivity contribution in [1.82, 2.24) is 9.80 Å². The van der Waals surface area contributed by atoms with E-state index < -0.39 is 0 Å². The van der Waals surface area contributed by atoms with Crippen LogP contribution in [-0.4, -0.2) is 47.4 Å². The maximum Gasteiger partial charge on any atom is 0.240 e. The number of rotatable bonds is 4. The summed E-state index contributed by atoms with van der Waals surface area (Å²) in [5.41, 5.74) is 6.83. The van der Waals surface area contributed by atoms with E-state index in [0.717, 1.165) is 37.9 Å². The van der Waals surface area contributed by atoms with Crippen LogP contribution in [0.3, 0.4) is 0 Å². The van der Waals surface area contributed by atoms with E-state index >= 15 is 0 Å². The molecule has 0 saturated carbocycles. The maximum absolute atomic E-state index is 13.0. The third-order valence-electron chi connectivity index (χ3n) is 5.23. The summed E-state index contributed by atoms with van der Waals surface area (Å²) in [5.74, 6) is 0.454. The zero-order valence-corrected chi connectivity index (χ0v) is 16.2. The van der Waals surface area contributed by atoms with Crippen LogP contribution in [0.4, 0.5) is 4.39 Å². The van der Waals surface area contributed by atoms with Crippen LogP contribution in [0.25, 0.3) is 0 Å². The molecule has 0 aromatic heterocycles. The Morgan fingerprint density at radius 1 is 1.28 bits per heavy atom. The first-order valence-electron chi connectivity index (χ1n) is 8.57. The van der Waals surface area contributed by atoms with Gasteiger partial charge in [-0.15, -0.1) is 24.8 Å². The van der Waals surface area contributed by atoms with Crippen molar-refractivity contribution in [2.45, 2.75) is 44.8 Å². The van der Waals surface area contributed by atoms with Gasteiger partial charge in [-0.1, -0.05) is 12.1 Å². The zero-order valence-electron chi connectivity index (χ0n) is 14.6. The van der Waals surface area contributed by atoms with Gasteiger partial charge in [0.1, 0.15) is 5.82 Å². The molecule has 2 N–H and O–H groups in total. The van der Waals surface area contributed by atoms with Crippen molar-refractivity contribution in [1.29, 1.82) is 0 Å². The fourth-order valence-corrected chi connectivity index (χ4v) is 3.93. The largest absolute Gasteiger partial charge is 0.338 e. The van der Waals surface area contributed by atoms with Gasteiger partial charge < -0.3 is 10.6 Å². The molecule has 2 saturated heterocycles. The van der Waals surface area contributed by atoms with Gasteiger partial charge in [0.05, 0.1) is 6.04 Å². The predicted octanol–water partition coefficient (Wildman–Crippen LogP) is 2.83. The Morgan fingerprint density at radius 2 is 1.96 bits per heavy atom. The van der Waals surface area contributed by atoms with Crippen molar-refractivity contribution in [2.75, 3.05) is 19.6 Å². The van der Waals surface area contributed by atoms with Crippen molar-refractivity contribution in [2.24, 2.45) is 11.7 Å². The third kappa shape index (κ3) is 5.07. The van der Waals surface area contributed by atoms with Gasteiger partial charge in [0, 0.05) is 19.1 Å². The summed E-state index contributed by atoms with van der Waals surface area (Å²) in [5, 5.41) is 0. The van der Waals surface area contributed by atoms with Crippen LogP contribution >= 0.6 is 24.8 Å². The maximum atomic E-state index is 13.0. The predicted molar refractivity (Wildman–Crippen MR) is 103 cm³/mol. The average molecular weight is 392 g/mol. The summed E-state index contributed by atoms with van der Waals surface area (Å²) < 4.78 is 13.0. The minimum atomic E-state index is -0.221. The third-order valence-corrected chi connectivity index (χ3v) is 5.23. The molecule has 0 bridgehead atoms. The molecule has 0 spiro atoms. The first kappa shape index (κ1) is 22.2. The lowest BCUT2D eigenvalue weighted by atomic mass is 10.1. The van der Waals surface area contributed by atoms with Gasteiger partial charge in [-0.05, 0) is 62.9 Å². The van der Waals surface area contributed by atoms with Crippen molar-refractivity contribution < 1.29 is 9.18 Å². The molecule has 7 heteroatoms. The van der Waals surface area contributed by atoms with Crippen molar-refractivity contribution in [3.63, 3.8) is 0 Å². The number of nitrogens with zero attached hydrogens (tertiary/aromatic N) is 2. The molecular formula is C18H28Cl2FN3O. The molecule has 3 unspecified atom stereocenters. The number of amides is 1. The zero-order chi connectivity index (χ0) is 16.4. The average Bonchev–Trinajstić information content (AvgIpc) is 3.15. The summed E-state index contributed by atoms with van der Waals surface area (Å²) >= 11 is 0. The quantitative estimate of drug-likeness (QED) is 0.858. The van der Waals surface area contributed by atoms with Gasteiger partial charge in [0.2, 0.25) is 5.91 Å². The fraction of sp³-hybridized carbons (Fsp3) is 0.611. The van der Waals surface area contributed by atoms with Gasteiger partial charge >= 0.3 is 0 Å². The Balaban J connectivity index is 0.00000156. The SMILES string of the molecule is CC1CC(CN)CN1C(=O)C1CCCN1Cc1ccc(F)cc1.Cl.Cl. The second-order valence-corrected chi connectivity index (χ2v) is 6.93. The molecule has 1 amide bonds. The van der Waals surface area contributed by atoms with Gasteiger partial charge in [0.15, 0.2) is 0 Å². The highest BCUT2D eigenvalue weighted by atomic mass is 35.5. The molecule has 3 atom stereocenters. The monoisotopic (exact) mass is 391 g/mol. The lowest BCUT2D eigenvalue weighted by Gasteiger charge is -2.30. The molecule has 0 radical (unpaired) electrons. The first-order valence-corrected chi connectivity index (χ1v) is 8.57. The Bertz CT molecular complexity index is 558. The summed E-state index contributed by atoms with van der Waals surface area (Å²) in [4.78, 5) is 17.2. The molecule has 3 rings (SSSR count). The Kier molecular flexibility index (Phi) is 8.61. The molecule has 2 aliphatic rings. The van der Waals surface area contributed by atoms with Crippen molar-refractivity contribution in [3.05, 3.63) is 35.6 Å². The number of likely N-dealkylation sites (tertiary alicyclic amines) is 2. The molecule has 1 aromatic carbocycles. The molecule has 2 heterocycles. The topological polar surface area (TPSA) is 49.6 Å². The Morgan fingerprint density at radius 3 is 2.56 bits per heavy atom. The highest BCUT2D eigenvalue weighted by Gasteiger charge is 2.39. The number of halogens is 3. The van der Waals surface area contributed by atoms with E-state index in [1.165, 1.54) is 12.1 Å². The van der Waals surface area contributed by atoms with Crippen LogP contribution in [0, 0.1) is 11.7 Å². The number of carbonyl (C=O) groups is 1. The second-order valence-electron chi connectivity index (χ2n) is 6.93. The minimum Gasteiger partial charge on any atom is -0.338 e. The van der Waals surface area contributed by atoms with Crippen LogP contribution in [-0.2, 0) is 11.3 Å². The molecule has 25 heavy (non-hydrogen) atoms. The second kappa shape index (κ2) is 9.72. The number of carbonyl (C=O) groups excluding carboxylic acids is 1. The number of benzene rings is 1. The lowest BCUT2D eigenvalue weighted by molar-refractivity contribution is -0.136. The van der Waals surface area contributed by atoms with Gasteiger partial charge in [0.25, 0.3) is 0 Å². The minimum absolute atomic E-state index is 0. The molecule has 2 aliphatic heterocycles. The van der Waals surface area contributed by atoms with Crippen LogP contribution in [0.15, 0.2) is 24.3 Å². The summed E-state index contributed by atoms with van der Waals surface area (Å²) in [6, 6.07) is 6.81. The van der Waals surface area contributed by atoms with Gasteiger partial charge in [-0.25, -0.2) is 4.39 Å². The summed E-state index contributed by atoms with van der Waals surface area (Å²) in [6.45, 7) is 5.19. The van der Waals surface area contributed by atoms with Gasteiger partial charge in [-0.2, -0.15) is 0 Å². The first-order chi connectivity index (χ1) is 11.1. The van der Waals surface area contributed by atoms with E-state index in [1.54, 1.807) is 12.1 Å². The molecule has 1 aromatic rings. The van der Waals surface area contributed by atoms with Crippen LogP contribution in [0.2, 0.25) is 0 Å². The summed E-state index contributed by atoms with van der Waals surface area (Å²) in [7, 11) is 0. The van der Waals surface area contributed by atoms with Crippen LogP contribution in [0.5, 0.6) is 0 Å². The number of nitrogens with two attached hydrogens (primary N) is 1. The van der Waals surface area contributed by atoms with Crippen molar-refractivity contribution >= 4 is 30.7 Å².